The Labute approximate surface area is 159 Å². The largest absolute Gasteiger partial charge is 0.479 e. The number of aliphatic hydroxyl groups is 2. The quantitative estimate of drug-likeness (QED) is 0.373. The van der Waals surface area contributed by atoms with Crippen LogP contribution >= 0.6 is 0 Å². The summed E-state index contributed by atoms with van der Waals surface area (Å²) < 4.78 is 0. The average molecular weight is 382 g/mol. The maximum absolute atomic E-state index is 9.77. The van der Waals surface area contributed by atoms with E-state index in [9.17, 15) is 9.59 Å². The maximum atomic E-state index is 9.77. The highest BCUT2D eigenvalue weighted by atomic mass is 16.4. The van der Waals surface area contributed by atoms with Crippen LogP contribution in [-0.2, 0) is 9.59 Å². The second kappa shape index (κ2) is 12.3. The Morgan fingerprint density at radius 2 is 1.78 bits per heavy atom. The van der Waals surface area contributed by atoms with Crippen molar-refractivity contribution in [2.45, 2.75) is 57.3 Å². The summed E-state index contributed by atoms with van der Waals surface area (Å²) in [5, 5.41) is 39.7. The van der Waals surface area contributed by atoms with E-state index in [-0.39, 0.29) is 0 Å². The van der Waals surface area contributed by atoms with E-state index in [0.29, 0.717) is 6.04 Å². The average Bonchev–Trinajstić information content (AvgIpc) is 2.68. The van der Waals surface area contributed by atoms with Gasteiger partial charge in [-0.25, -0.2) is 9.59 Å². The number of benzene rings is 1. The van der Waals surface area contributed by atoms with Crippen LogP contribution in [0.1, 0.15) is 50.6 Å². The van der Waals surface area contributed by atoms with Gasteiger partial charge in [-0.3, -0.25) is 0 Å². The van der Waals surface area contributed by atoms with Crippen LogP contribution in [0.2, 0.25) is 0 Å². The zero-order valence-electron chi connectivity index (χ0n) is 15.6. The highest BCUT2D eigenvalue weighted by Crippen LogP contribution is 2.28. The summed E-state index contributed by atoms with van der Waals surface area (Å²) >= 11 is 0. The van der Waals surface area contributed by atoms with Crippen LogP contribution in [0.4, 0.5) is 5.69 Å². The molecule has 3 atom stereocenters. The molecule has 2 rings (SSSR count). The van der Waals surface area contributed by atoms with Crippen molar-refractivity contribution in [3.8, 4) is 0 Å². The Bertz CT molecular complexity index is 571. The van der Waals surface area contributed by atoms with Gasteiger partial charge in [-0.15, -0.1) is 0 Å². The molecule has 3 unspecified atom stereocenters. The number of aliphatic carboxylic acids is 2. The molecule has 1 aliphatic rings. The topological polar surface area (TPSA) is 139 Å². The molecule has 0 spiro atoms. The third-order valence-corrected chi connectivity index (χ3v) is 4.30. The van der Waals surface area contributed by atoms with Crippen LogP contribution in [0.5, 0.6) is 0 Å². The third-order valence-electron chi connectivity index (χ3n) is 4.30. The van der Waals surface area contributed by atoms with Crippen molar-refractivity contribution in [3.05, 3.63) is 29.8 Å². The fourth-order valence-corrected chi connectivity index (χ4v) is 2.75. The second-order valence-corrected chi connectivity index (χ2v) is 6.44. The molecule has 0 saturated carbocycles. The predicted molar refractivity (Wildman–Crippen MR) is 102 cm³/mol. The minimum atomic E-state index is -2.27. The summed E-state index contributed by atoms with van der Waals surface area (Å²) in [6.45, 7) is 4.48. The number of aliphatic hydroxyl groups excluding tert-OH is 2. The number of hydrogen-bond donors (Lipinski definition) is 6. The van der Waals surface area contributed by atoms with Crippen molar-refractivity contribution in [1.82, 2.24) is 5.32 Å². The number of rotatable bonds is 8. The first-order valence-electron chi connectivity index (χ1n) is 9.26. The smallest absolute Gasteiger partial charge is 0.335 e. The van der Waals surface area contributed by atoms with Gasteiger partial charge >= 0.3 is 11.9 Å². The van der Waals surface area contributed by atoms with E-state index in [2.05, 4.69) is 41.8 Å². The molecular weight excluding hydrogens is 352 g/mol. The second-order valence-electron chi connectivity index (χ2n) is 6.44. The van der Waals surface area contributed by atoms with Gasteiger partial charge in [0, 0.05) is 18.3 Å². The van der Waals surface area contributed by atoms with E-state index in [0.717, 1.165) is 13.1 Å². The van der Waals surface area contributed by atoms with Gasteiger partial charge in [-0.2, -0.15) is 0 Å². The van der Waals surface area contributed by atoms with Crippen LogP contribution in [0.25, 0.3) is 0 Å². The van der Waals surface area contributed by atoms with Gasteiger partial charge in [0.15, 0.2) is 12.2 Å². The van der Waals surface area contributed by atoms with E-state index in [4.69, 9.17) is 20.4 Å². The maximum Gasteiger partial charge on any atom is 0.335 e. The SMILES string of the molecule is CCCCNc1ccccc1C1CCCCN1.O=C(O)C(O)C(O)C(=O)O. The zero-order chi connectivity index (χ0) is 20.2. The minimum absolute atomic E-state index is 0.550. The van der Waals surface area contributed by atoms with Crippen molar-refractivity contribution in [2.75, 3.05) is 18.4 Å². The summed E-state index contributed by atoms with van der Waals surface area (Å²) in [7, 11) is 0. The van der Waals surface area contributed by atoms with Crippen LogP contribution in [0.15, 0.2) is 24.3 Å². The fourth-order valence-electron chi connectivity index (χ4n) is 2.75. The number of piperidine rings is 1. The number of carboxylic acid groups (broad SMARTS) is 2. The fraction of sp³-hybridized carbons (Fsp3) is 0.579. The molecule has 1 aromatic carbocycles. The highest BCUT2D eigenvalue weighted by molar-refractivity contribution is 5.83. The van der Waals surface area contributed by atoms with Crippen LogP contribution < -0.4 is 10.6 Å². The molecule has 0 bridgehead atoms. The van der Waals surface area contributed by atoms with Gasteiger partial charge in [0.05, 0.1) is 0 Å². The molecule has 0 aliphatic carbocycles. The first-order valence-corrected chi connectivity index (χ1v) is 9.26. The molecule has 0 radical (unpaired) electrons. The van der Waals surface area contributed by atoms with Gasteiger partial charge in [0.2, 0.25) is 0 Å². The zero-order valence-corrected chi connectivity index (χ0v) is 15.6. The van der Waals surface area contributed by atoms with Gasteiger partial charge in [-0.05, 0) is 37.4 Å². The Balaban J connectivity index is 0.000000314. The number of carboxylic acids is 2. The van der Waals surface area contributed by atoms with Crippen molar-refractivity contribution in [3.63, 3.8) is 0 Å². The van der Waals surface area contributed by atoms with E-state index in [1.807, 2.05) is 0 Å². The molecule has 0 aromatic heterocycles. The number of anilines is 1. The van der Waals surface area contributed by atoms with Gasteiger partial charge < -0.3 is 31.1 Å². The molecule has 6 N–H and O–H groups in total. The molecule has 8 heteroatoms. The first-order chi connectivity index (χ1) is 12.9. The Kier molecular flexibility index (Phi) is 10.4. The number of para-hydroxylation sites is 1. The Morgan fingerprint density at radius 1 is 1.15 bits per heavy atom. The molecule has 1 aromatic rings. The summed E-state index contributed by atoms with van der Waals surface area (Å²) in [6.07, 6.45) is 1.90. The first kappa shape index (κ1) is 22.9. The van der Waals surface area contributed by atoms with Gasteiger partial charge in [-0.1, -0.05) is 38.0 Å². The molecule has 1 aliphatic heterocycles. The lowest BCUT2D eigenvalue weighted by atomic mass is 9.96. The standard InChI is InChI=1S/C15H24N2.C4H6O6/c1-2-3-11-16-14-9-5-4-8-13(14)15-10-6-7-12-17-15;5-1(3(7)8)2(6)4(9)10/h4-5,8-9,15-17H,2-3,6-7,10-12H2,1H3;1-2,5-6H,(H,7,8)(H,9,10). The van der Waals surface area contributed by atoms with Crippen LogP contribution in [0.3, 0.4) is 0 Å². The molecule has 1 fully saturated rings. The molecule has 27 heavy (non-hydrogen) atoms. The molecular formula is C19H30N2O6. The minimum Gasteiger partial charge on any atom is -0.479 e. The third kappa shape index (κ3) is 7.94. The molecule has 1 saturated heterocycles. The van der Waals surface area contributed by atoms with Gasteiger partial charge in [0.25, 0.3) is 0 Å². The molecule has 8 nitrogen and oxygen atoms in total. The lowest BCUT2D eigenvalue weighted by molar-refractivity contribution is -0.165. The summed E-state index contributed by atoms with van der Waals surface area (Å²) in [5.74, 6) is -3.54. The van der Waals surface area contributed by atoms with Crippen molar-refractivity contribution >= 4 is 17.6 Å². The lowest BCUT2D eigenvalue weighted by Crippen LogP contribution is -2.39. The number of nitrogens with one attached hydrogen (secondary N) is 2. The summed E-state index contributed by atoms with van der Waals surface area (Å²) in [6, 6.07) is 9.30. The molecule has 0 amide bonds. The number of unbranched alkanes of at least 4 members (excludes halogenated alkanes) is 1. The van der Waals surface area contributed by atoms with Crippen molar-refractivity contribution in [1.29, 1.82) is 0 Å². The normalized spacial score (nSPS) is 18.6. The summed E-state index contributed by atoms with van der Waals surface area (Å²) in [5.41, 5.74) is 2.77. The Morgan fingerprint density at radius 3 is 2.30 bits per heavy atom. The number of hydrogen-bond acceptors (Lipinski definition) is 6. The monoisotopic (exact) mass is 382 g/mol. The molecule has 1 heterocycles. The van der Waals surface area contributed by atoms with Crippen LogP contribution in [0, 0.1) is 0 Å². The van der Waals surface area contributed by atoms with E-state index < -0.39 is 24.1 Å². The highest BCUT2D eigenvalue weighted by Gasteiger charge is 2.29. The van der Waals surface area contributed by atoms with E-state index >= 15 is 0 Å². The van der Waals surface area contributed by atoms with E-state index in [1.54, 1.807) is 0 Å². The number of carbonyl (C=O) groups is 2. The van der Waals surface area contributed by atoms with Gasteiger partial charge in [0.1, 0.15) is 0 Å². The van der Waals surface area contributed by atoms with Crippen molar-refractivity contribution in [2.24, 2.45) is 0 Å². The Hall–Kier alpha value is -2.16. The molecule has 152 valence electrons. The van der Waals surface area contributed by atoms with Crippen LogP contribution in [-0.4, -0.2) is 57.7 Å². The lowest BCUT2D eigenvalue weighted by Gasteiger charge is -2.26. The summed E-state index contributed by atoms with van der Waals surface area (Å²) in [4.78, 5) is 19.5. The predicted octanol–water partition coefficient (Wildman–Crippen LogP) is 1.59. The van der Waals surface area contributed by atoms with Crippen molar-refractivity contribution < 1.29 is 30.0 Å². The van der Waals surface area contributed by atoms with E-state index in [1.165, 1.54) is 43.4 Å².